The first-order valence-electron chi connectivity index (χ1n) is 7.02. The Morgan fingerprint density at radius 3 is 2.77 bits per heavy atom. The Hall–Kier alpha value is -1.21. The largest absolute Gasteiger partial charge is 0.324 e. The quantitative estimate of drug-likeness (QED) is 0.829. The molecule has 1 unspecified atom stereocenters. The van der Waals surface area contributed by atoms with Gasteiger partial charge in [0.1, 0.15) is 5.15 Å². The third-order valence-electron chi connectivity index (χ3n) is 3.57. The first-order chi connectivity index (χ1) is 10.6. The summed E-state index contributed by atoms with van der Waals surface area (Å²) in [6.45, 7) is 2.91. The van der Waals surface area contributed by atoms with E-state index < -0.39 is 0 Å². The van der Waals surface area contributed by atoms with E-state index in [1.807, 2.05) is 12.1 Å². The topological polar surface area (TPSA) is 55.2 Å². The lowest BCUT2D eigenvalue weighted by atomic mass is 10.0. The molecule has 0 saturated carbocycles. The summed E-state index contributed by atoms with van der Waals surface area (Å²) in [5.41, 5.74) is 2.15. The van der Waals surface area contributed by atoms with Crippen molar-refractivity contribution in [2.45, 2.75) is 6.04 Å². The van der Waals surface area contributed by atoms with E-state index in [0.717, 1.165) is 25.3 Å². The van der Waals surface area contributed by atoms with Gasteiger partial charge in [-0.15, -0.1) is 0 Å². The Balaban J connectivity index is 1.69. The summed E-state index contributed by atoms with van der Waals surface area (Å²) in [4.78, 5) is 10.6. The van der Waals surface area contributed by atoms with Crippen LogP contribution in [0.2, 0.25) is 5.15 Å². The van der Waals surface area contributed by atoms with Crippen LogP contribution in [-0.2, 0) is 0 Å². The molecule has 1 fully saturated rings. The molecule has 5 nitrogen and oxygen atoms in total. The molecular weight excluding hydrogens is 366 g/mol. The van der Waals surface area contributed by atoms with Crippen molar-refractivity contribution in [3.05, 3.63) is 45.7 Å². The average Bonchev–Trinajstić information content (AvgIpc) is 2.52. The lowest BCUT2D eigenvalue weighted by molar-refractivity contribution is 0.237. The number of anilines is 2. The van der Waals surface area contributed by atoms with E-state index in [9.17, 15) is 0 Å². The maximum absolute atomic E-state index is 5.97. The zero-order valence-corrected chi connectivity index (χ0v) is 14.5. The monoisotopic (exact) mass is 380 g/mol. The zero-order valence-electron chi connectivity index (χ0n) is 12.1. The molecule has 1 N–H and O–H groups in total. The predicted octanol–water partition coefficient (Wildman–Crippen LogP) is 3.23. The highest BCUT2D eigenvalue weighted by Gasteiger charge is 2.19. The smallest absolute Gasteiger partial charge is 0.228 e. The van der Waals surface area contributed by atoms with Crippen molar-refractivity contribution < 1.29 is 0 Å². The average molecular weight is 382 g/mol. The summed E-state index contributed by atoms with van der Waals surface area (Å²) in [5.74, 6) is 0.475. The van der Waals surface area contributed by atoms with E-state index in [2.05, 4.69) is 60.6 Å². The van der Waals surface area contributed by atoms with Crippen molar-refractivity contribution in [2.75, 3.05) is 32.0 Å². The number of piperazine rings is 1. The number of hydrogen-bond acceptors (Lipinski definition) is 4. The number of nitrogens with one attached hydrogen (secondary N) is 1. The molecule has 0 bridgehead atoms. The molecule has 2 heterocycles. The van der Waals surface area contributed by atoms with Gasteiger partial charge >= 0.3 is 0 Å². The second kappa shape index (κ2) is 6.91. The highest BCUT2D eigenvalue weighted by Crippen LogP contribution is 2.23. The van der Waals surface area contributed by atoms with Crippen LogP contribution in [0.1, 0.15) is 11.6 Å². The highest BCUT2D eigenvalue weighted by molar-refractivity contribution is 9.10. The molecule has 0 amide bonds. The Morgan fingerprint density at radius 2 is 2.09 bits per heavy atom. The van der Waals surface area contributed by atoms with E-state index in [-0.39, 0.29) is 6.04 Å². The highest BCUT2D eigenvalue weighted by atomic mass is 79.9. The summed E-state index contributed by atoms with van der Waals surface area (Å²) < 4.78 is 0.679. The third-order valence-corrected chi connectivity index (χ3v) is 4.67. The van der Waals surface area contributed by atoms with Gasteiger partial charge in [0.05, 0.1) is 10.5 Å². The van der Waals surface area contributed by atoms with Crippen molar-refractivity contribution in [1.82, 2.24) is 20.2 Å². The van der Waals surface area contributed by atoms with Crippen LogP contribution in [0.4, 0.5) is 11.6 Å². The molecule has 1 atom stereocenters. The second-order valence-electron chi connectivity index (χ2n) is 5.26. The minimum atomic E-state index is 0.256. The van der Waals surface area contributed by atoms with E-state index in [4.69, 9.17) is 11.6 Å². The van der Waals surface area contributed by atoms with Gasteiger partial charge in [0.15, 0.2) is 0 Å². The zero-order chi connectivity index (χ0) is 15.5. The summed E-state index contributed by atoms with van der Waals surface area (Å²) in [7, 11) is 2.13. The minimum absolute atomic E-state index is 0.256. The number of nitrogens with zero attached hydrogens (tertiary/aromatic N) is 4. The van der Waals surface area contributed by atoms with Crippen LogP contribution < -0.4 is 10.6 Å². The van der Waals surface area contributed by atoms with E-state index in [1.165, 1.54) is 5.56 Å². The molecular formula is C15H16BrClN5. The van der Waals surface area contributed by atoms with Gasteiger partial charge in [0, 0.05) is 31.5 Å². The van der Waals surface area contributed by atoms with Gasteiger partial charge in [-0.1, -0.05) is 23.7 Å². The van der Waals surface area contributed by atoms with E-state index >= 15 is 0 Å². The fourth-order valence-corrected chi connectivity index (χ4v) is 2.68. The maximum Gasteiger partial charge on any atom is 0.228 e. The second-order valence-corrected chi connectivity index (χ2v) is 6.48. The standard InChI is InChI=1S/C15H16BrClN5/c1-22-7-6-18-13(9-22)10-2-4-11(5-3-10)20-15-19-8-12(16)14(17)21-15/h2-5,8,13H,6-7,9H2,1H3,(H,19,20,21). The molecule has 2 aromatic rings. The van der Waals surface area contributed by atoms with Crippen LogP contribution in [0, 0.1) is 0 Å². The lowest BCUT2D eigenvalue weighted by Crippen LogP contribution is -2.39. The van der Waals surface area contributed by atoms with Crippen LogP contribution >= 0.6 is 27.5 Å². The van der Waals surface area contributed by atoms with Gasteiger partial charge in [0.2, 0.25) is 5.95 Å². The van der Waals surface area contributed by atoms with Crippen LogP contribution in [0.5, 0.6) is 0 Å². The summed E-state index contributed by atoms with van der Waals surface area (Å²) in [5, 5.41) is 8.21. The summed E-state index contributed by atoms with van der Waals surface area (Å²) in [6, 6.07) is 8.47. The molecule has 3 rings (SSSR count). The first kappa shape index (κ1) is 15.7. The fraction of sp³-hybridized carbons (Fsp3) is 0.333. The number of hydrogen-bond donors (Lipinski definition) is 1. The van der Waals surface area contributed by atoms with Crippen molar-refractivity contribution >= 4 is 39.2 Å². The maximum atomic E-state index is 5.97. The molecule has 0 spiro atoms. The van der Waals surface area contributed by atoms with Gasteiger partial charge < -0.3 is 10.2 Å². The normalized spacial score (nSPS) is 19.1. The lowest BCUT2D eigenvalue weighted by Gasteiger charge is -2.29. The number of halogens is 2. The Labute approximate surface area is 143 Å². The van der Waals surface area contributed by atoms with Crippen molar-refractivity contribution in [3.8, 4) is 0 Å². The number of aromatic nitrogens is 2. The molecule has 0 aliphatic carbocycles. The first-order valence-corrected chi connectivity index (χ1v) is 8.19. The Kier molecular flexibility index (Phi) is 4.93. The molecule has 1 aliphatic rings. The van der Waals surface area contributed by atoms with Crippen molar-refractivity contribution in [2.24, 2.45) is 0 Å². The van der Waals surface area contributed by atoms with Crippen LogP contribution in [-0.4, -0.2) is 41.5 Å². The van der Waals surface area contributed by atoms with Gasteiger partial charge in [0.25, 0.3) is 0 Å². The molecule has 22 heavy (non-hydrogen) atoms. The summed E-state index contributed by atoms with van der Waals surface area (Å²) >= 11 is 9.24. The molecule has 7 heteroatoms. The molecule has 1 saturated heterocycles. The van der Waals surface area contributed by atoms with E-state index in [1.54, 1.807) is 6.20 Å². The van der Waals surface area contributed by atoms with Crippen LogP contribution in [0.3, 0.4) is 0 Å². The van der Waals surface area contributed by atoms with Gasteiger partial charge in [-0.25, -0.2) is 10.3 Å². The molecule has 1 radical (unpaired) electrons. The predicted molar refractivity (Wildman–Crippen MR) is 91.7 cm³/mol. The van der Waals surface area contributed by atoms with Crippen LogP contribution in [0.15, 0.2) is 34.9 Å². The molecule has 1 aromatic heterocycles. The van der Waals surface area contributed by atoms with Gasteiger partial charge in [-0.3, -0.25) is 0 Å². The number of rotatable bonds is 3. The Bertz CT molecular complexity index is 649. The molecule has 1 aromatic carbocycles. The van der Waals surface area contributed by atoms with Gasteiger partial charge in [-0.05, 0) is 40.7 Å². The van der Waals surface area contributed by atoms with Gasteiger partial charge in [-0.2, -0.15) is 4.98 Å². The Morgan fingerprint density at radius 1 is 1.32 bits per heavy atom. The third kappa shape index (κ3) is 3.76. The summed E-state index contributed by atoms with van der Waals surface area (Å²) in [6.07, 6.45) is 1.63. The molecule has 115 valence electrons. The van der Waals surface area contributed by atoms with Crippen LogP contribution in [0.25, 0.3) is 0 Å². The number of benzene rings is 1. The van der Waals surface area contributed by atoms with E-state index in [0.29, 0.717) is 15.6 Å². The number of likely N-dealkylation sites (N-methyl/N-ethyl adjacent to an activating group) is 1. The fourth-order valence-electron chi connectivity index (χ4n) is 2.36. The van der Waals surface area contributed by atoms with Crippen molar-refractivity contribution in [3.63, 3.8) is 0 Å². The SMILES string of the molecule is CN1CC[N]C(c2ccc(Nc3ncc(Br)c(Cl)n3)cc2)C1. The minimum Gasteiger partial charge on any atom is -0.324 e. The van der Waals surface area contributed by atoms with Crippen molar-refractivity contribution in [1.29, 1.82) is 0 Å². The molecule has 1 aliphatic heterocycles.